The fourth-order valence-electron chi connectivity index (χ4n) is 3.53. The molecule has 2 aromatic rings. The Morgan fingerprint density at radius 3 is 2.13 bits per heavy atom. The molecule has 1 aliphatic rings. The highest BCUT2D eigenvalue weighted by Gasteiger charge is 2.17. The predicted octanol–water partition coefficient (Wildman–Crippen LogP) is 6.06. The summed E-state index contributed by atoms with van der Waals surface area (Å²) < 4.78 is 5.67. The molecule has 3 rings (SSSR count). The number of methoxy groups -OCH3 is 1. The van der Waals surface area contributed by atoms with Crippen molar-refractivity contribution in [2.75, 3.05) is 7.11 Å². The van der Waals surface area contributed by atoms with E-state index in [2.05, 4.69) is 45.0 Å². The lowest BCUT2D eigenvalue weighted by molar-refractivity contribution is 0.416. The lowest BCUT2D eigenvalue weighted by atomic mass is 9.92. The van der Waals surface area contributed by atoms with E-state index in [4.69, 9.17) is 4.74 Å². The summed E-state index contributed by atoms with van der Waals surface area (Å²) in [7, 11) is 1.77. The van der Waals surface area contributed by atoms with Gasteiger partial charge in [-0.3, -0.25) is 0 Å². The molecular formula is C22H30O. The molecule has 0 fully saturated rings. The van der Waals surface area contributed by atoms with Crippen molar-refractivity contribution in [1.29, 1.82) is 0 Å². The van der Waals surface area contributed by atoms with Crippen molar-refractivity contribution >= 4 is 0 Å². The van der Waals surface area contributed by atoms with Crippen molar-refractivity contribution in [1.82, 2.24) is 0 Å². The fraction of sp³-hybridized carbons (Fsp3) is 0.455. The zero-order chi connectivity index (χ0) is 17.0. The lowest BCUT2D eigenvalue weighted by Gasteiger charge is -2.16. The topological polar surface area (TPSA) is 9.23 Å². The van der Waals surface area contributed by atoms with Gasteiger partial charge in [0.25, 0.3) is 0 Å². The van der Waals surface area contributed by atoms with E-state index in [-0.39, 0.29) is 0 Å². The Kier molecular flexibility index (Phi) is 5.87. The van der Waals surface area contributed by atoms with Crippen LogP contribution < -0.4 is 4.74 Å². The summed E-state index contributed by atoms with van der Waals surface area (Å²) in [5.74, 6) is 0.999. The SMILES string of the molecule is CC.CCc1cc(OC)c(-c2cc3c(cc2C)CCC3)cc1C. The molecule has 0 saturated carbocycles. The zero-order valence-electron chi connectivity index (χ0n) is 15.5. The normalized spacial score (nSPS) is 12.4. The van der Waals surface area contributed by atoms with Crippen LogP contribution in [0.3, 0.4) is 0 Å². The molecule has 1 nitrogen and oxygen atoms in total. The van der Waals surface area contributed by atoms with E-state index in [1.807, 2.05) is 13.8 Å². The third-order valence-corrected chi connectivity index (χ3v) is 4.77. The second-order valence-corrected chi connectivity index (χ2v) is 6.12. The first-order valence-electron chi connectivity index (χ1n) is 8.94. The van der Waals surface area contributed by atoms with Gasteiger partial charge < -0.3 is 4.74 Å². The van der Waals surface area contributed by atoms with Crippen molar-refractivity contribution in [2.24, 2.45) is 0 Å². The van der Waals surface area contributed by atoms with Gasteiger partial charge in [-0.1, -0.05) is 32.9 Å². The first kappa shape index (κ1) is 17.6. The third-order valence-electron chi connectivity index (χ3n) is 4.77. The van der Waals surface area contributed by atoms with Crippen LogP contribution in [0, 0.1) is 13.8 Å². The van der Waals surface area contributed by atoms with Crippen molar-refractivity contribution in [2.45, 2.75) is 60.3 Å². The monoisotopic (exact) mass is 310 g/mol. The molecular weight excluding hydrogens is 280 g/mol. The molecule has 124 valence electrons. The molecule has 0 radical (unpaired) electrons. The number of fused-ring (bicyclic) bond motifs is 1. The van der Waals surface area contributed by atoms with Crippen molar-refractivity contribution in [3.8, 4) is 16.9 Å². The zero-order valence-corrected chi connectivity index (χ0v) is 15.5. The average molecular weight is 310 g/mol. The Balaban J connectivity index is 0.000000924. The van der Waals surface area contributed by atoms with Gasteiger partial charge in [-0.2, -0.15) is 0 Å². The summed E-state index contributed by atoms with van der Waals surface area (Å²) in [6, 6.07) is 9.26. The summed E-state index contributed by atoms with van der Waals surface area (Å²) >= 11 is 0. The van der Waals surface area contributed by atoms with Crippen LogP contribution in [0.1, 0.15) is 55.0 Å². The Bertz CT molecular complexity index is 683. The summed E-state index contributed by atoms with van der Waals surface area (Å²) in [5, 5.41) is 0. The van der Waals surface area contributed by atoms with Crippen molar-refractivity contribution in [3.05, 3.63) is 52.1 Å². The highest BCUT2D eigenvalue weighted by Crippen LogP contribution is 2.37. The summed E-state index contributed by atoms with van der Waals surface area (Å²) in [6.07, 6.45) is 4.80. The quantitative estimate of drug-likeness (QED) is 0.670. The number of hydrogen-bond donors (Lipinski definition) is 0. The standard InChI is InChI=1S/C20H24O.C2H6/c1-5-15-12-20(21-4)19(10-13(15)2)18-11-17-8-6-7-16(17)9-14(18)3;1-2/h9-12H,5-8H2,1-4H3;1-2H3. The van der Waals surface area contributed by atoms with Gasteiger partial charge in [0.2, 0.25) is 0 Å². The lowest BCUT2D eigenvalue weighted by Crippen LogP contribution is -1.96. The highest BCUT2D eigenvalue weighted by atomic mass is 16.5. The van der Waals surface area contributed by atoms with Crippen LogP contribution in [0.5, 0.6) is 5.75 Å². The van der Waals surface area contributed by atoms with E-state index in [1.165, 1.54) is 58.2 Å². The van der Waals surface area contributed by atoms with E-state index in [0.29, 0.717) is 0 Å². The molecule has 0 aromatic heterocycles. The van der Waals surface area contributed by atoms with Crippen LogP contribution in [0.4, 0.5) is 0 Å². The van der Waals surface area contributed by atoms with Gasteiger partial charge in [-0.25, -0.2) is 0 Å². The minimum atomic E-state index is 0.999. The van der Waals surface area contributed by atoms with Crippen LogP contribution in [-0.4, -0.2) is 7.11 Å². The third kappa shape index (κ3) is 3.44. The molecule has 1 aliphatic carbocycles. The fourth-order valence-corrected chi connectivity index (χ4v) is 3.53. The van der Waals surface area contributed by atoms with Crippen molar-refractivity contribution in [3.63, 3.8) is 0 Å². The van der Waals surface area contributed by atoms with E-state index in [0.717, 1.165) is 12.2 Å². The van der Waals surface area contributed by atoms with Gasteiger partial charge in [0, 0.05) is 5.56 Å². The van der Waals surface area contributed by atoms with E-state index in [1.54, 1.807) is 7.11 Å². The molecule has 0 aliphatic heterocycles. The molecule has 0 spiro atoms. The van der Waals surface area contributed by atoms with Crippen LogP contribution >= 0.6 is 0 Å². The summed E-state index contributed by atoms with van der Waals surface area (Å²) in [4.78, 5) is 0. The van der Waals surface area contributed by atoms with Gasteiger partial charge in [-0.15, -0.1) is 0 Å². The molecule has 1 heteroatoms. The van der Waals surface area contributed by atoms with Gasteiger partial charge in [0.15, 0.2) is 0 Å². The summed E-state index contributed by atoms with van der Waals surface area (Å²) in [6.45, 7) is 10.6. The second-order valence-electron chi connectivity index (χ2n) is 6.12. The van der Waals surface area contributed by atoms with Gasteiger partial charge in [0.05, 0.1) is 7.11 Å². The van der Waals surface area contributed by atoms with E-state index >= 15 is 0 Å². The molecule has 0 bridgehead atoms. The minimum Gasteiger partial charge on any atom is -0.496 e. The first-order chi connectivity index (χ1) is 11.1. The summed E-state index contributed by atoms with van der Waals surface area (Å²) in [5.41, 5.74) is 9.71. The number of rotatable bonds is 3. The number of aryl methyl sites for hydroxylation is 5. The molecule has 0 N–H and O–H groups in total. The number of hydrogen-bond acceptors (Lipinski definition) is 1. The Hall–Kier alpha value is -1.76. The van der Waals surface area contributed by atoms with Crippen LogP contribution in [0.15, 0.2) is 24.3 Å². The second kappa shape index (κ2) is 7.68. The molecule has 0 unspecified atom stereocenters. The van der Waals surface area contributed by atoms with Crippen LogP contribution in [0.2, 0.25) is 0 Å². The highest BCUT2D eigenvalue weighted by molar-refractivity contribution is 5.76. The van der Waals surface area contributed by atoms with E-state index < -0.39 is 0 Å². The predicted molar refractivity (Wildman–Crippen MR) is 101 cm³/mol. The van der Waals surface area contributed by atoms with Gasteiger partial charge in [-0.05, 0) is 85.0 Å². The first-order valence-corrected chi connectivity index (χ1v) is 8.94. The van der Waals surface area contributed by atoms with E-state index in [9.17, 15) is 0 Å². The Morgan fingerprint density at radius 1 is 0.870 bits per heavy atom. The minimum absolute atomic E-state index is 0.999. The molecule has 23 heavy (non-hydrogen) atoms. The number of benzene rings is 2. The molecule has 0 amide bonds. The van der Waals surface area contributed by atoms with Crippen LogP contribution in [0.25, 0.3) is 11.1 Å². The van der Waals surface area contributed by atoms with Crippen molar-refractivity contribution < 1.29 is 4.74 Å². The number of ether oxygens (including phenoxy) is 1. The largest absolute Gasteiger partial charge is 0.496 e. The molecule has 0 saturated heterocycles. The van der Waals surface area contributed by atoms with Gasteiger partial charge in [0.1, 0.15) is 5.75 Å². The van der Waals surface area contributed by atoms with Crippen LogP contribution in [-0.2, 0) is 19.3 Å². The molecule has 0 atom stereocenters. The molecule has 0 heterocycles. The Morgan fingerprint density at radius 2 is 1.52 bits per heavy atom. The average Bonchev–Trinajstić information content (AvgIpc) is 3.02. The maximum absolute atomic E-state index is 5.67. The maximum Gasteiger partial charge on any atom is 0.126 e. The van der Waals surface area contributed by atoms with Gasteiger partial charge >= 0.3 is 0 Å². The smallest absolute Gasteiger partial charge is 0.126 e. The Labute approximate surface area is 141 Å². The maximum atomic E-state index is 5.67. The molecule has 2 aromatic carbocycles.